The zero-order valence-corrected chi connectivity index (χ0v) is 14.5. The number of carbonyl (C=O) groups is 2. The third-order valence-corrected chi connectivity index (χ3v) is 4.96. The number of rotatable bonds is 4. The molecule has 0 aromatic heterocycles. The van der Waals surface area contributed by atoms with E-state index in [1.54, 1.807) is 4.90 Å². The van der Waals surface area contributed by atoms with Crippen molar-refractivity contribution in [2.24, 2.45) is 10.9 Å². The molecule has 1 N–H and O–H groups in total. The van der Waals surface area contributed by atoms with E-state index in [-0.39, 0.29) is 24.3 Å². The van der Waals surface area contributed by atoms with Crippen LogP contribution >= 0.6 is 0 Å². The van der Waals surface area contributed by atoms with Crippen LogP contribution in [0, 0.1) is 5.92 Å². The predicted molar refractivity (Wildman–Crippen MR) is 102 cm³/mol. The molecule has 0 bridgehead atoms. The van der Waals surface area contributed by atoms with Crippen molar-refractivity contribution in [2.45, 2.75) is 25.8 Å². The molecule has 4 rings (SSSR count). The maximum absolute atomic E-state index is 13.1. The van der Waals surface area contributed by atoms with Gasteiger partial charge in [-0.1, -0.05) is 42.5 Å². The molecule has 2 amide bonds. The third kappa shape index (κ3) is 3.25. The Bertz CT molecular complexity index is 861. The van der Waals surface area contributed by atoms with Gasteiger partial charge in [-0.15, -0.1) is 0 Å². The lowest BCUT2D eigenvalue weighted by atomic mass is 10.1. The summed E-state index contributed by atoms with van der Waals surface area (Å²) in [6, 6.07) is 17.3. The molecule has 2 aromatic rings. The number of benzene rings is 2. The first kappa shape index (κ1) is 16.5. The highest BCUT2D eigenvalue weighted by Crippen LogP contribution is 2.37. The zero-order valence-electron chi connectivity index (χ0n) is 14.5. The summed E-state index contributed by atoms with van der Waals surface area (Å²) in [5.74, 6) is -0.371. The van der Waals surface area contributed by atoms with Crippen LogP contribution in [-0.2, 0) is 16.1 Å². The molecule has 5 heteroatoms. The van der Waals surface area contributed by atoms with Crippen LogP contribution in [-0.4, -0.2) is 24.1 Å². The fourth-order valence-corrected chi connectivity index (χ4v) is 3.64. The number of hydrogen-bond donors (Lipinski definition) is 1. The molecule has 1 fully saturated rings. The van der Waals surface area contributed by atoms with Crippen LogP contribution in [0.1, 0.15) is 24.8 Å². The van der Waals surface area contributed by atoms with Gasteiger partial charge < -0.3 is 10.2 Å². The van der Waals surface area contributed by atoms with Gasteiger partial charge in [0.2, 0.25) is 11.8 Å². The Balaban J connectivity index is 1.53. The lowest BCUT2D eigenvalue weighted by Crippen LogP contribution is -2.43. The minimum atomic E-state index is -0.190. The summed E-state index contributed by atoms with van der Waals surface area (Å²) >= 11 is 0. The molecule has 1 heterocycles. The van der Waals surface area contributed by atoms with E-state index >= 15 is 0 Å². The van der Waals surface area contributed by atoms with E-state index in [2.05, 4.69) is 5.32 Å². The molecule has 1 atom stereocenters. The average molecular weight is 347 g/mol. The quantitative estimate of drug-likeness (QED) is 0.923. The minimum absolute atomic E-state index is 0.0129. The first-order valence-corrected chi connectivity index (χ1v) is 9.01. The fourth-order valence-electron chi connectivity index (χ4n) is 3.64. The molecular formula is C21H21N3O2. The minimum Gasteiger partial charge on any atom is -0.350 e. The van der Waals surface area contributed by atoms with Crippen LogP contribution in [0.5, 0.6) is 0 Å². The second-order valence-electron chi connectivity index (χ2n) is 6.72. The highest BCUT2D eigenvalue weighted by Gasteiger charge is 2.36. The molecule has 26 heavy (non-hydrogen) atoms. The van der Waals surface area contributed by atoms with Gasteiger partial charge >= 0.3 is 0 Å². The maximum Gasteiger partial charge on any atom is 0.240 e. The largest absolute Gasteiger partial charge is 0.350 e. The average Bonchev–Trinajstić information content (AvgIpc) is 3.10. The van der Waals surface area contributed by atoms with Crippen molar-refractivity contribution < 1.29 is 9.59 Å². The van der Waals surface area contributed by atoms with Crippen LogP contribution in [0.2, 0.25) is 0 Å². The summed E-state index contributed by atoms with van der Waals surface area (Å²) in [5.41, 5.74) is 3.48. The van der Waals surface area contributed by atoms with Crippen molar-refractivity contribution in [1.82, 2.24) is 5.32 Å². The van der Waals surface area contributed by atoms with E-state index in [0.717, 1.165) is 36.2 Å². The normalized spacial score (nSPS) is 18.6. The highest BCUT2D eigenvalue weighted by molar-refractivity contribution is 6.16. The van der Waals surface area contributed by atoms with E-state index in [0.29, 0.717) is 12.2 Å². The maximum atomic E-state index is 13.1. The van der Waals surface area contributed by atoms with Crippen molar-refractivity contribution in [1.29, 1.82) is 0 Å². The van der Waals surface area contributed by atoms with Gasteiger partial charge in [-0.2, -0.15) is 0 Å². The van der Waals surface area contributed by atoms with Gasteiger partial charge in [0.1, 0.15) is 6.54 Å². The summed E-state index contributed by atoms with van der Waals surface area (Å²) in [6.07, 6.45) is 2.65. The van der Waals surface area contributed by atoms with E-state index in [4.69, 9.17) is 4.99 Å². The molecular weight excluding hydrogens is 326 g/mol. The molecule has 1 aliphatic heterocycles. The lowest BCUT2D eigenvalue weighted by Gasteiger charge is -2.24. The fraction of sp³-hybridized carbons (Fsp3) is 0.286. The Labute approximate surface area is 152 Å². The number of hydrogen-bond acceptors (Lipinski definition) is 3. The third-order valence-electron chi connectivity index (χ3n) is 4.96. The number of carbonyl (C=O) groups excluding carboxylic acids is 2. The summed E-state index contributed by atoms with van der Waals surface area (Å²) in [6.45, 7) is 0.469. The van der Waals surface area contributed by atoms with Crippen molar-refractivity contribution in [2.75, 3.05) is 11.4 Å². The number of nitrogens with one attached hydrogen (secondary N) is 1. The molecule has 0 unspecified atom stereocenters. The Morgan fingerprint density at radius 2 is 1.88 bits per heavy atom. The summed E-state index contributed by atoms with van der Waals surface area (Å²) in [4.78, 5) is 31.9. The molecule has 0 saturated heterocycles. The van der Waals surface area contributed by atoms with E-state index in [9.17, 15) is 9.59 Å². The number of para-hydroxylation sites is 2. The van der Waals surface area contributed by atoms with Gasteiger partial charge in [0.15, 0.2) is 0 Å². The summed E-state index contributed by atoms with van der Waals surface area (Å²) in [5, 5.41) is 2.91. The first-order chi connectivity index (χ1) is 12.7. The molecule has 1 aliphatic carbocycles. The predicted octanol–water partition coefficient (Wildman–Crippen LogP) is 3.22. The van der Waals surface area contributed by atoms with Crippen molar-refractivity contribution in [3.05, 3.63) is 60.2 Å². The second-order valence-corrected chi connectivity index (χ2v) is 6.72. The van der Waals surface area contributed by atoms with E-state index in [1.807, 2.05) is 54.6 Å². The number of nitrogens with zero attached hydrogens (tertiary/aromatic N) is 2. The summed E-state index contributed by atoms with van der Waals surface area (Å²) < 4.78 is 0. The second kappa shape index (κ2) is 7.12. The molecule has 0 spiro atoms. The van der Waals surface area contributed by atoms with E-state index < -0.39 is 0 Å². The lowest BCUT2D eigenvalue weighted by molar-refractivity contribution is -0.124. The first-order valence-electron chi connectivity index (χ1n) is 9.01. The number of anilines is 1. The topological polar surface area (TPSA) is 61.8 Å². The Hall–Kier alpha value is -2.95. The van der Waals surface area contributed by atoms with Crippen molar-refractivity contribution in [3.63, 3.8) is 0 Å². The molecule has 2 aliphatic rings. The van der Waals surface area contributed by atoms with Crippen LogP contribution in [0.15, 0.2) is 59.6 Å². The van der Waals surface area contributed by atoms with Gasteiger partial charge in [-0.05, 0) is 37.0 Å². The van der Waals surface area contributed by atoms with E-state index in [1.165, 1.54) is 0 Å². The van der Waals surface area contributed by atoms with Gasteiger partial charge in [0.05, 0.1) is 17.3 Å². The molecule has 1 saturated carbocycles. The van der Waals surface area contributed by atoms with Gasteiger partial charge in [-0.3, -0.25) is 14.6 Å². The van der Waals surface area contributed by atoms with Crippen LogP contribution in [0.3, 0.4) is 0 Å². The molecule has 5 nitrogen and oxygen atoms in total. The van der Waals surface area contributed by atoms with Gasteiger partial charge in [0.25, 0.3) is 0 Å². The SMILES string of the molecule is O=C(CN1C(=O)[C@@H]2CCCC2=Nc2ccccc21)NCc1ccccc1. The Morgan fingerprint density at radius 1 is 1.12 bits per heavy atom. The summed E-state index contributed by atoms with van der Waals surface area (Å²) in [7, 11) is 0. The number of fused-ring (bicyclic) bond motifs is 2. The Kier molecular flexibility index (Phi) is 4.52. The standard InChI is InChI=1S/C21H21N3O2/c25-20(22-13-15-7-2-1-3-8-15)14-24-19-12-5-4-10-18(19)23-17-11-6-9-16(17)21(24)26/h1-5,7-8,10,12,16H,6,9,11,13-14H2,(H,22,25)/t16-/m1/s1. The van der Waals surface area contributed by atoms with Crippen LogP contribution < -0.4 is 10.2 Å². The molecule has 0 radical (unpaired) electrons. The van der Waals surface area contributed by atoms with Crippen molar-refractivity contribution in [3.8, 4) is 0 Å². The molecule has 132 valence electrons. The molecule has 2 aromatic carbocycles. The number of amides is 2. The van der Waals surface area contributed by atoms with Gasteiger partial charge in [-0.25, -0.2) is 0 Å². The van der Waals surface area contributed by atoms with Gasteiger partial charge in [0, 0.05) is 12.3 Å². The number of aliphatic imine (C=N–C) groups is 1. The Morgan fingerprint density at radius 3 is 2.73 bits per heavy atom. The highest BCUT2D eigenvalue weighted by atomic mass is 16.2. The van der Waals surface area contributed by atoms with Crippen molar-refractivity contribution >= 4 is 28.9 Å². The smallest absolute Gasteiger partial charge is 0.240 e. The van der Waals surface area contributed by atoms with Crippen LogP contribution in [0.4, 0.5) is 11.4 Å². The monoisotopic (exact) mass is 347 g/mol. The zero-order chi connectivity index (χ0) is 17.9. The van der Waals surface area contributed by atoms with Crippen LogP contribution in [0.25, 0.3) is 0 Å².